The van der Waals surface area contributed by atoms with Crippen LogP contribution in [0.25, 0.3) is 0 Å². The van der Waals surface area contributed by atoms with Crippen molar-refractivity contribution in [3.63, 3.8) is 0 Å². The summed E-state index contributed by atoms with van der Waals surface area (Å²) in [6.45, 7) is 0. The van der Waals surface area contributed by atoms with E-state index in [1.807, 2.05) is 12.1 Å². The summed E-state index contributed by atoms with van der Waals surface area (Å²) in [4.78, 5) is 11.3. The first kappa shape index (κ1) is 9.25. The van der Waals surface area contributed by atoms with Gasteiger partial charge in [-0.25, -0.2) is 0 Å². The molecule has 1 aromatic carbocycles. The zero-order chi connectivity index (χ0) is 10.0. The van der Waals surface area contributed by atoms with Crippen molar-refractivity contribution in [2.75, 3.05) is 0 Å². The molecule has 0 aliphatic heterocycles. The molecule has 0 bridgehead atoms. The molecule has 1 aromatic rings. The van der Waals surface area contributed by atoms with Crippen LogP contribution in [0.5, 0.6) is 0 Å². The maximum absolute atomic E-state index is 11.3. The first-order valence-corrected chi connectivity index (χ1v) is 4.96. The average molecular weight is 189 g/mol. The molecule has 2 heteroatoms. The van der Waals surface area contributed by atoms with Crippen molar-refractivity contribution in [3.8, 4) is 0 Å². The van der Waals surface area contributed by atoms with Gasteiger partial charge in [0.1, 0.15) is 0 Å². The number of hydrogen-bond acceptors (Lipinski definition) is 1. The van der Waals surface area contributed by atoms with Crippen LogP contribution in [0.3, 0.4) is 0 Å². The van der Waals surface area contributed by atoms with Gasteiger partial charge < -0.3 is 5.11 Å². The molecule has 1 aliphatic carbocycles. The summed E-state index contributed by atoms with van der Waals surface area (Å²) in [5.41, 5.74) is 0.316. The molecule has 0 saturated heterocycles. The zero-order valence-electron chi connectivity index (χ0n) is 7.99. The summed E-state index contributed by atoms with van der Waals surface area (Å²) in [5.74, 6) is -0.679. The molecule has 0 atom stereocenters. The summed E-state index contributed by atoms with van der Waals surface area (Å²) in [6, 6.07) is 10.2. The van der Waals surface area contributed by atoms with E-state index in [1.165, 1.54) is 0 Å². The molecule has 0 unspecified atom stereocenters. The fourth-order valence-electron chi connectivity index (χ4n) is 2.31. The van der Waals surface area contributed by atoms with E-state index in [-0.39, 0.29) is 0 Å². The Hall–Kier alpha value is -1.31. The van der Waals surface area contributed by atoms with E-state index >= 15 is 0 Å². The highest BCUT2D eigenvalue weighted by Gasteiger charge is 2.42. The summed E-state index contributed by atoms with van der Waals surface area (Å²) in [5, 5.41) is 9.31. The van der Waals surface area contributed by atoms with Crippen molar-refractivity contribution in [2.24, 2.45) is 0 Å². The Bertz CT molecular complexity index is 323. The lowest BCUT2D eigenvalue weighted by atomic mass is 9.79. The van der Waals surface area contributed by atoms with Crippen LogP contribution in [-0.2, 0) is 10.2 Å². The Labute approximate surface area is 83.6 Å². The van der Waals surface area contributed by atoms with E-state index in [2.05, 4.69) is 6.07 Å². The molecule has 0 aromatic heterocycles. The SMILES string of the molecule is O=C(O)C1(c2cc[c]cc2)CCCC1. The van der Waals surface area contributed by atoms with E-state index < -0.39 is 11.4 Å². The number of carbonyl (C=O) groups is 1. The molecular formula is C12H13O2. The van der Waals surface area contributed by atoms with E-state index in [4.69, 9.17) is 0 Å². The summed E-state index contributed by atoms with van der Waals surface area (Å²) < 4.78 is 0. The van der Waals surface area contributed by atoms with Crippen LogP contribution in [0.4, 0.5) is 0 Å². The summed E-state index contributed by atoms with van der Waals surface area (Å²) >= 11 is 0. The molecule has 2 nitrogen and oxygen atoms in total. The first-order valence-electron chi connectivity index (χ1n) is 4.96. The Kier molecular flexibility index (Phi) is 2.28. The number of hydrogen-bond donors (Lipinski definition) is 1. The van der Waals surface area contributed by atoms with Gasteiger partial charge in [0.2, 0.25) is 0 Å². The number of carboxylic acid groups (broad SMARTS) is 1. The fraction of sp³-hybridized carbons (Fsp3) is 0.417. The van der Waals surface area contributed by atoms with E-state index in [0.717, 1.165) is 31.2 Å². The Morgan fingerprint density at radius 1 is 1.29 bits per heavy atom. The second kappa shape index (κ2) is 3.45. The van der Waals surface area contributed by atoms with E-state index in [0.29, 0.717) is 0 Å². The Morgan fingerprint density at radius 3 is 2.36 bits per heavy atom. The van der Waals surface area contributed by atoms with E-state index in [1.54, 1.807) is 12.1 Å². The van der Waals surface area contributed by atoms with Gasteiger partial charge >= 0.3 is 5.97 Å². The lowest BCUT2D eigenvalue weighted by Gasteiger charge is -2.23. The number of rotatable bonds is 2. The monoisotopic (exact) mass is 189 g/mol. The van der Waals surface area contributed by atoms with Gasteiger partial charge in [0.05, 0.1) is 5.41 Å². The second-order valence-corrected chi connectivity index (χ2v) is 3.88. The normalized spacial score (nSPS) is 19.4. The van der Waals surface area contributed by atoms with Crippen LogP contribution >= 0.6 is 0 Å². The van der Waals surface area contributed by atoms with Crippen LogP contribution in [0.15, 0.2) is 24.3 Å². The van der Waals surface area contributed by atoms with Gasteiger partial charge in [-0.2, -0.15) is 0 Å². The first-order chi connectivity index (χ1) is 6.76. The maximum Gasteiger partial charge on any atom is 0.314 e. The topological polar surface area (TPSA) is 37.3 Å². The molecular weight excluding hydrogens is 176 g/mol. The molecule has 1 saturated carbocycles. The van der Waals surface area contributed by atoms with Crippen molar-refractivity contribution in [2.45, 2.75) is 31.1 Å². The fourth-order valence-corrected chi connectivity index (χ4v) is 2.31. The van der Waals surface area contributed by atoms with Gasteiger partial charge in [-0.15, -0.1) is 0 Å². The minimum absolute atomic E-state index is 0.616. The molecule has 1 aliphatic rings. The Balaban J connectivity index is 2.42. The average Bonchev–Trinajstić information content (AvgIpc) is 2.69. The molecule has 0 heterocycles. The highest BCUT2D eigenvalue weighted by Crippen LogP contribution is 2.41. The third-order valence-electron chi connectivity index (χ3n) is 3.14. The molecule has 14 heavy (non-hydrogen) atoms. The molecule has 1 N–H and O–H groups in total. The third kappa shape index (κ3) is 1.31. The van der Waals surface area contributed by atoms with Crippen molar-refractivity contribution >= 4 is 5.97 Å². The minimum Gasteiger partial charge on any atom is -0.481 e. The summed E-state index contributed by atoms with van der Waals surface area (Å²) in [7, 11) is 0. The van der Waals surface area contributed by atoms with Crippen LogP contribution < -0.4 is 0 Å². The second-order valence-electron chi connectivity index (χ2n) is 3.88. The smallest absolute Gasteiger partial charge is 0.314 e. The molecule has 2 rings (SSSR count). The molecule has 1 fully saturated rings. The van der Waals surface area contributed by atoms with Gasteiger partial charge in [0, 0.05) is 0 Å². The third-order valence-corrected chi connectivity index (χ3v) is 3.14. The standard InChI is InChI=1S/C12H13O2/c13-11(14)12(8-4-5-9-12)10-6-2-1-3-7-10/h2-3,6-7H,4-5,8-9H2,(H,13,14). The van der Waals surface area contributed by atoms with Crippen molar-refractivity contribution in [1.29, 1.82) is 0 Å². The van der Waals surface area contributed by atoms with Gasteiger partial charge in [-0.3, -0.25) is 4.79 Å². The highest BCUT2D eigenvalue weighted by molar-refractivity contribution is 5.81. The van der Waals surface area contributed by atoms with Crippen LogP contribution in [-0.4, -0.2) is 11.1 Å². The van der Waals surface area contributed by atoms with Gasteiger partial charge in [-0.1, -0.05) is 37.1 Å². The number of carboxylic acids is 1. The largest absolute Gasteiger partial charge is 0.481 e. The maximum atomic E-state index is 11.3. The lowest BCUT2D eigenvalue weighted by Crippen LogP contribution is -2.32. The summed E-state index contributed by atoms with van der Waals surface area (Å²) in [6.07, 6.45) is 3.58. The van der Waals surface area contributed by atoms with E-state index in [9.17, 15) is 9.90 Å². The molecule has 73 valence electrons. The van der Waals surface area contributed by atoms with Crippen molar-refractivity contribution in [3.05, 3.63) is 35.9 Å². The van der Waals surface area contributed by atoms with Gasteiger partial charge in [0.25, 0.3) is 0 Å². The number of benzene rings is 1. The Morgan fingerprint density at radius 2 is 1.86 bits per heavy atom. The van der Waals surface area contributed by atoms with Gasteiger partial charge in [0.15, 0.2) is 0 Å². The minimum atomic E-state index is -0.679. The molecule has 0 amide bonds. The van der Waals surface area contributed by atoms with Crippen LogP contribution in [0.1, 0.15) is 31.2 Å². The zero-order valence-corrected chi connectivity index (χ0v) is 7.99. The van der Waals surface area contributed by atoms with Crippen molar-refractivity contribution in [1.82, 2.24) is 0 Å². The predicted molar refractivity (Wildman–Crippen MR) is 53.1 cm³/mol. The van der Waals surface area contributed by atoms with Crippen LogP contribution in [0.2, 0.25) is 0 Å². The molecule has 1 radical (unpaired) electrons. The quantitative estimate of drug-likeness (QED) is 0.775. The predicted octanol–water partition coefficient (Wildman–Crippen LogP) is 2.38. The van der Waals surface area contributed by atoms with Crippen molar-refractivity contribution < 1.29 is 9.90 Å². The highest BCUT2D eigenvalue weighted by atomic mass is 16.4. The molecule has 0 spiro atoms. The number of aliphatic carboxylic acids is 1. The van der Waals surface area contributed by atoms with Crippen LogP contribution in [0, 0.1) is 6.07 Å². The van der Waals surface area contributed by atoms with Gasteiger partial charge in [-0.05, 0) is 24.5 Å². The lowest BCUT2D eigenvalue weighted by molar-refractivity contribution is -0.143.